The molecule has 0 unspecified atom stereocenters. The highest BCUT2D eigenvalue weighted by atomic mass is 19.4. The van der Waals surface area contributed by atoms with Crippen molar-refractivity contribution in [3.05, 3.63) is 57.2 Å². The van der Waals surface area contributed by atoms with Crippen LogP contribution in [0.15, 0.2) is 12.1 Å². The van der Waals surface area contributed by atoms with Crippen LogP contribution in [0, 0.1) is 27.7 Å². The second-order valence-electron chi connectivity index (χ2n) is 9.52. The summed E-state index contributed by atoms with van der Waals surface area (Å²) >= 11 is 0. The van der Waals surface area contributed by atoms with Crippen molar-refractivity contribution in [3.63, 3.8) is 0 Å². The molecule has 3 rings (SSSR count). The zero-order valence-corrected chi connectivity index (χ0v) is 20.1. The number of aromatic nitrogens is 4. The zero-order valence-electron chi connectivity index (χ0n) is 20.1. The van der Waals surface area contributed by atoms with Crippen LogP contribution in [0.25, 0.3) is 5.78 Å². The summed E-state index contributed by atoms with van der Waals surface area (Å²) in [5, 5.41) is 6.44. The SMILES string of the molecule is Cc1cc(C(C)(C)C)cc(C)c1CCNC(=O)Cc1c(C)nc2nc(C(F)(F)F)nn2c1C. The molecule has 1 N–H and O–H groups in total. The Morgan fingerprint density at radius 2 is 1.61 bits per heavy atom. The standard InChI is InChI=1S/C24H30F3N5O/c1-13-10-17(23(5,6)7)11-14(2)18(13)8-9-28-20(33)12-19-15(3)29-22-30-21(24(25,26)27)31-32(22)16(19)4/h10-11H,8-9,12H2,1-7H3,(H,28,33). The first-order valence-corrected chi connectivity index (χ1v) is 10.9. The molecule has 0 atom stereocenters. The van der Waals surface area contributed by atoms with Gasteiger partial charge in [-0.2, -0.15) is 18.2 Å². The molecule has 0 saturated carbocycles. The van der Waals surface area contributed by atoms with Crippen molar-refractivity contribution in [2.75, 3.05) is 6.54 Å². The van der Waals surface area contributed by atoms with Crippen LogP contribution in [0.5, 0.6) is 0 Å². The lowest BCUT2D eigenvalue weighted by molar-refractivity contribution is -0.144. The van der Waals surface area contributed by atoms with E-state index in [-0.39, 0.29) is 23.5 Å². The number of alkyl halides is 3. The second kappa shape index (κ2) is 8.76. The number of hydrogen-bond donors (Lipinski definition) is 1. The molecule has 0 aliphatic carbocycles. The molecule has 0 fully saturated rings. The average Bonchev–Trinajstić information content (AvgIpc) is 3.11. The van der Waals surface area contributed by atoms with Gasteiger partial charge in [-0.3, -0.25) is 4.79 Å². The molecule has 1 amide bonds. The lowest BCUT2D eigenvalue weighted by atomic mass is 9.83. The Kier molecular flexibility index (Phi) is 6.55. The number of nitrogens with one attached hydrogen (secondary N) is 1. The molecule has 0 spiro atoms. The maximum absolute atomic E-state index is 13.0. The molecule has 6 nitrogen and oxygen atoms in total. The van der Waals surface area contributed by atoms with Crippen LogP contribution < -0.4 is 5.32 Å². The Hall–Kier alpha value is -2.97. The van der Waals surface area contributed by atoms with Gasteiger partial charge in [0.05, 0.1) is 6.42 Å². The minimum atomic E-state index is -4.66. The van der Waals surface area contributed by atoms with E-state index in [0.717, 1.165) is 4.52 Å². The van der Waals surface area contributed by atoms with E-state index in [2.05, 4.69) is 67.1 Å². The van der Waals surface area contributed by atoms with E-state index in [4.69, 9.17) is 0 Å². The number of benzene rings is 1. The molecule has 0 aliphatic heterocycles. The topological polar surface area (TPSA) is 72.2 Å². The molecule has 178 valence electrons. The van der Waals surface area contributed by atoms with Gasteiger partial charge in [0.25, 0.3) is 11.6 Å². The van der Waals surface area contributed by atoms with E-state index in [1.807, 2.05) is 0 Å². The fourth-order valence-corrected chi connectivity index (χ4v) is 3.96. The summed E-state index contributed by atoms with van der Waals surface area (Å²) in [7, 11) is 0. The predicted octanol–water partition coefficient (Wildman–Crippen LogP) is 4.58. The van der Waals surface area contributed by atoms with Gasteiger partial charge in [-0.25, -0.2) is 9.50 Å². The van der Waals surface area contributed by atoms with Crippen LogP contribution in [0.4, 0.5) is 13.2 Å². The van der Waals surface area contributed by atoms with Crippen molar-refractivity contribution in [2.24, 2.45) is 0 Å². The minimum absolute atomic E-state index is 0.00272. The molecular formula is C24H30F3N5O. The van der Waals surface area contributed by atoms with Gasteiger partial charge in [0.1, 0.15) is 0 Å². The number of rotatable bonds is 5. The number of aryl methyl sites for hydroxylation is 4. The summed E-state index contributed by atoms with van der Waals surface area (Å²) in [6.45, 7) is 14.4. The highest BCUT2D eigenvalue weighted by molar-refractivity contribution is 5.79. The summed E-state index contributed by atoms with van der Waals surface area (Å²) in [4.78, 5) is 20.2. The molecule has 2 aromatic heterocycles. The molecule has 3 aromatic rings. The third kappa shape index (κ3) is 5.34. The van der Waals surface area contributed by atoms with Gasteiger partial charge in [-0.05, 0) is 61.8 Å². The Morgan fingerprint density at radius 3 is 2.15 bits per heavy atom. The van der Waals surface area contributed by atoms with E-state index in [1.54, 1.807) is 13.8 Å². The van der Waals surface area contributed by atoms with E-state index < -0.39 is 12.0 Å². The van der Waals surface area contributed by atoms with E-state index in [1.165, 1.54) is 22.3 Å². The van der Waals surface area contributed by atoms with Crippen molar-refractivity contribution in [1.82, 2.24) is 24.9 Å². The number of amides is 1. The van der Waals surface area contributed by atoms with Crippen LogP contribution in [0.1, 0.15) is 65.8 Å². The molecule has 0 saturated heterocycles. The number of halogens is 3. The first kappa shape index (κ1) is 24.7. The summed E-state index contributed by atoms with van der Waals surface area (Å²) in [5.41, 5.74) is 6.37. The Labute approximate surface area is 191 Å². The van der Waals surface area contributed by atoms with Gasteiger partial charge < -0.3 is 5.32 Å². The summed E-state index contributed by atoms with van der Waals surface area (Å²) in [6.07, 6.45) is -3.96. The number of hydrogen-bond acceptors (Lipinski definition) is 4. The average molecular weight is 462 g/mol. The van der Waals surface area contributed by atoms with E-state index >= 15 is 0 Å². The highest BCUT2D eigenvalue weighted by Crippen LogP contribution is 2.28. The zero-order chi connectivity index (χ0) is 24.7. The van der Waals surface area contributed by atoms with Crippen LogP contribution in [-0.2, 0) is 29.2 Å². The molecule has 33 heavy (non-hydrogen) atoms. The van der Waals surface area contributed by atoms with Crippen molar-refractivity contribution < 1.29 is 18.0 Å². The van der Waals surface area contributed by atoms with Crippen molar-refractivity contribution in [3.8, 4) is 0 Å². The number of carbonyl (C=O) groups excluding carboxylic acids is 1. The fourth-order valence-electron chi connectivity index (χ4n) is 3.96. The molecular weight excluding hydrogens is 431 g/mol. The Balaban J connectivity index is 1.71. The van der Waals surface area contributed by atoms with E-state index in [9.17, 15) is 18.0 Å². The van der Waals surface area contributed by atoms with Gasteiger partial charge in [-0.15, -0.1) is 5.10 Å². The fraction of sp³-hybridized carbons (Fsp3) is 0.500. The Bertz CT molecular complexity index is 1180. The second-order valence-corrected chi connectivity index (χ2v) is 9.52. The molecule has 0 aliphatic rings. The predicted molar refractivity (Wildman–Crippen MR) is 120 cm³/mol. The molecule has 1 aromatic carbocycles. The minimum Gasteiger partial charge on any atom is -0.355 e. The highest BCUT2D eigenvalue weighted by Gasteiger charge is 2.37. The van der Waals surface area contributed by atoms with Gasteiger partial charge in [-0.1, -0.05) is 32.9 Å². The maximum atomic E-state index is 13.0. The van der Waals surface area contributed by atoms with Crippen molar-refractivity contribution in [2.45, 2.75) is 72.9 Å². The maximum Gasteiger partial charge on any atom is 0.453 e. The first-order valence-electron chi connectivity index (χ1n) is 10.9. The van der Waals surface area contributed by atoms with Gasteiger partial charge >= 0.3 is 6.18 Å². The summed E-state index contributed by atoms with van der Waals surface area (Å²) in [6, 6.07) is 4.40. The van der Waals surface area contributed by atoms with Crippen molar-refractivity contribution in [1.29, 1.82) is 0 Å². The molecule has 2 heterocycles. The molecule has 9 heteroatoms. The molecule has 0 bridgehead atoms. The first-order chi connectivity index (χ1) is 15.2. The number of carbonyl (C=O) groups is 1. The largest absolute Gasteiger partial charge is 0.453 e. The van der Waals surface area contributed by atoms with Gasteiger partial charge in [0.15, 0.2) is 0 Å². The van der Waals surface area contributed by atoms with Crippen LogP contribution >= 0.6 is 0 Å². The number of fused-ring (bicyclic) bond motifs is 1. The monoisotopic (exact) mass is 461 g/mol. The van der Waals surface area contributed by atoms with E-state index in [0.29, 0.717) is 29.9 Å². The van der Waals surface area contributed by atoms with Crippen LogP contribution in [-0.4, -0.2) is 32.0 Å². The normalized spacial score (nSPS) is 12.4. The lowest BCUT2D eigenvalue weighted by Crippen LogP contribution is -2.28. The Morgan fingerprint density at radius 1 is 1.00 bits per heavy atom. The summed E-state index contributed by atoms with van der Waals surface area (Å²) < 4.78 is 39.9. The lowest BCUT2D eigenvalue weighted by Gasteiger charge is -2.22. The third-order valence-corrected chi connectivity index (χ3v) is 5.90. The van der Waals surface area contributed by atoms with Crippen LogP contribution in [0.2, 0.25) is 0 Å². The smallest absolute Gasteiger partial charge is 0.355 e. The summed E-state index contributed by atoms with van der Waals surface area (Å²) in [5.74, 6) is -1.60. The quantitative estimate of drug-likeness (QED) is 0.604. The molecule has 0 radical (unpaired) electrons. The third-order valence-electron chi connectivity index (χ3n) is 5.90. The number of nitrogens with zero attached hydrogens (tertiary/aromatic N) is 4. The van der Waals surface area contributed by atoms with Crippen molar-refractivity contribution >= 4 is 11.7 Å². The van der Waals surface area contributed by atoms with Gasteiger partial charge in [0, 0.05) is 23.5 Å². The van der Waals surface area contributed by atoms with Crippen LogP contribution in [0.3, 0.4) is 0 Å². The van der Waals surface area contributed by atoms with Gasteiger partial charge in [0.2, 0.25) is 5.91 Å².